The standard InChI is InChI=1S/C17H24BrNO3/c1-3-22-17(21)14-9-15(16(20)10-18)19(12(14)2)11-13-7-5-4-6-8-13/h9,13H,3-8,10-11H2,1-2H3. The number of hydrogen-bond acceptors (Lipinski definition) is 3. The van der Waals surface area contributed by atoms with Crippen LogP contribution in [0.25, 0.3) is 0 Å². The van der Waals surface area contributed by atoms with Crippen LogP contribution in [0.3, 0.4) is 0 Å². The summed E-state index contributed by atoms with van der Waals surface area (Å²) in [5, 5.41) is 0.267. The first-order chi connectivity index (χ1) is 10.6. The fourth-order valence-corrected chi connectivity index (χ4v) is 3.51. The van der Waals surface area contributed by atoms with Crippen molar-refractivity contribution >= 4 is 27.7 Å². The van der Waals surface area contributed by atoms with Gasteiger partial charge in [-0.15, -0.1) is 0 Å². The highest BCUT2D eigenvalue weighted by atomic mass is 79.9. The van der Waals surface area contributed by atoms with E-state index in [0.29, 0.717) is 23.8 Å². The molecule has 0 radical (unpaired) electrons. The van der Waals surface area contributed by atoms with Gasteiger partial charge in [0, 0.05) is 12.2 Å². The number of carbonyl (C=O) groups excluding carboxylic acids is 2. The highest BCUT2D eigenvalue weighted by Crippen LogP contribution is 2.28. The number of nitrogens with zero attached hydrogens (tertiary/aromatic N) is 1. The van der Waals surface area contributed by atoms with Gasteiger partial charge in [0.1, 0.15) is 0 Å². The summed E-state index contributed by atoms with van der Waals surface area (Å²) >= 11 is 3.23. The van der Waals surface area contributed by atoms with E-state index in [9.17, 15) is 9.59 Å². The second kappa shape index (κ2) is 7.95. The number of carbonyl (C=O) groups is 2. The third kappa shape index (κ3) is 3.80. The van der Waals surface area contributed by atoms with Crippen molar-refractivity contribution in [2.24, 2.45) is 5.92 Å². The summed E-state index contributed by atoms with van der Waals surface area (Å²) in [6, 6.07) is 1.69. The molecule has 1 aromatic rings. The van der Waals surface area contributed by atoms with Gasteiger partial charge in [-0.3, -0.25) is 4.79 Å². The number of aromatic nitrogens is 1. The Balaban J connectivity index is 2.31. The van der Waals surface area contributed by atoms with Crippen LogP contribution in [0.5, 0.6) is 0 Å². The van der Waals surface area contributed by atoms with E-state index in [1.807, 2.05) is 11.5 Å². The molecule has 0 unspecified atom stereocenters. The molecule has 1 saturated carbocycles. The van der Waals surface area contributed by atoms with Gasteiger partial charge >= 0.3 is 5.97 Å². The van der Waals surface area contributed by atoms with E-state index in [0.717, 1.165) is 12.2 Å². The molecule has 2 rings (SSSR count). The van der Waals surface area contributed by atoms with Crippen LogP contribution in [-0.2, 0) is 11.3 Å². The van der Waals surface area contributed by atoms with Gasteiger partial charge in [-0.1, -0.05) is 35.2 Å². The molecule has 1 aliphatic carbocycles. The minimum absolute atomic E-state index is 0.00876. The average molecular weight is 370 g/mol. The average Bonchev–Trinajstić information content (AvgIpc) is 2.85. The Morgan fingerprint density at radius 2 is 2.00 bits per heavy atom. The summed E-state index contributed by atoms with van der Waals surface area (Å²) in [6.07, 6.45) is 6.24. The van der Waals surface area contributed by atoms with Crippen molar-refractivity contribution in [1.29, 1.82) is 0 Å². The largest absolute Gasteiger partial charge is 0.462 e. The van der Waals surface area contributed by atoms with Crippen LogP contribution in [0, 0.1) is 12.8 Å². The van der Waals surface area contributed by atoms with Crippen LogP contribution >= 0.6 is 15.9 Å². The molecular formula is C17H24BrNO3. The summed E-state index contributed by atoms with van der Waals surface area (Å²) in [6.45, 7) is 4.85. The predicted molar refractivity (Wildman–Crippen MR) is 89.8 cm³/mol. The maximum Gasteiger partial charge on any atom is 0.339 e. The second-order valence-corrected chi connectivity index (χ2v) is 6.48. The van der Waals surface area contributed by atoms with Gasteiger partial charge in [-0.05, 0) is 38.7 Å². The minimum atomic E-state index is -0.342. The van der Waals surface area contributed by atoms with Crippen molar-refractivity contribution in [3.63, 3.8) is 0 Å². The van der Waals surface area contributed by atoms with Crippen LogP contribution in [-0.4, -0.2) is 28.3 Å². The lowest BCUT2D eigenvalue weighted by atomic mass is 9.89. The Bertz CT molecular complexity index is 544. The van der Waals surface area contributed by atoms with Crippen molar-refractivity contribution < 1.29 is 14.3 Å². The van der Waals surface area contributed by atoms with Gasteiger partial charge in [-0.2, -0.15) is 0 Å². The topological polar surface area (TPSA) is 48.3 Å². The predicted octanol–water partition coefficient (Wildman–Crippen LogP) is 4.13. The fourth-order valence-electron chi connectivity index (χ4n) is 3.22. The highest BCUT2D eigenvalue weighted by molar-refractivity contribution is 9.09. The summed E-state index contributed by atoms with van der Waals surface area (Å²) in [5.41, 5.74) is 1.97. The minimum Gasteiger partial charge on any atom is -0.462 e. The lowest BCUT2D eigenvalue weighted by Crippen LogP contribution is -2.19. The number of Topliss-reactive ketones (excluding diaryl/α,β-unsaturated/α-hetero) is 1. The van der Waals surface area contributed by atoms with Crippen molar-refractivity contribution in [2.45, 2.75) is 52.5 Å². The summed E-state index contributed by atoms with van der Waals surface area (Å²) in [5.74, 6) is 0.261. The van der Waals surface area contributed by atoms with E-state index in [1.165, 1.54) is 32.1 Å². The number of halogens is 1. The van der Waals surface area contributed by atoms with Crippen LogP contribution in [0.2, 0.25) is 0 Å². The van der Waals surface area contributed by atoms with Crippen molar-refractivity contribution in [3.8, 4) is 0 Å². The quantitative estimate of drug-likeness (QED) is 0.430. The molecule has 1 aliphatic rings. The molecule has 0 spiro atoms. The van der Waals surface area contributed by atoms with Crippen LogP contribution in [0.15, 0.2) is 6.07 Å². The summed E-state index contributed by atoms with van der Waals surface area (Å²) < 4.78 is 7.12. The molecule has 0 bridgehead atoms. The number of hydrogen-bond donors (Lipinski definition) is 0. The molecule has 5 heteroatoms. The van der Waals surface area contributed by atoms with Crippen LogP contribution in [0.1, 0.15) is 65.6 Å². The van der Waals surface area contributed by atoms with Gasteiger partial charge in [0.05, 0.1) is 23.2 Å². The third-order valence-electron chi connectivity index (χ3n) is 4.43. The van der Waals surface area contributed by atoms with E-state index in [2.05, 4.69) is 15.9 Å². The Kier molecular flexibility index (Phi) is 6.24. The zero-order chi connectivity index (χ0) is 16.1. The number of ketones is 1. The Hall–Kier alpha value is -1.10. The molecule has 1 fully saturated rings. The number of esters is 1. The SMILES string of the molecule is CCOC(=O)c1cc(C(=O)CBr)n(CC2CCCCC2)c1C. The zero-order valence-corrected chi connectivity index (χ0v) is 14.9. The van der Waals surface area contributed by atoms with Gasteiger partial charge in [-0.25, -0.2) is 4.79 Å². The normalized spacial score (nSPS) is 15.8. The van der Waals surface area contributed by atoms with Gasteiger partial charge in [0.25, 0.3) is 0 Å². The molecule has 1 aromatic heterocycles. The zero-order valence-electron chi connectivity index (χ0n) is 13.4. The van der Waals surface area contributed by atoms with E-state index in [4.69, 9.17) is 4.74 Å². The molecular weight excluding hydrogens is 346 g/mol. The number of ether oxygens (including phenoxy) is 1. The molecule has 0 N–H and O–H groups in total. The molecule has 0 aromatic carbocycles. The van der Waals surface area contributed by atoms with Gasteiger partial charge in [0.15, 0.2) is 5.78 Å². The third-order valence-corrected chi connectivity index (χ3v) is 4.94. The van der Waals surface area contributed by atoms with E-state index in [-0.39, 0.29) is 17.1 Å². The Morgan fingerprint density at radius 1 is 1.32 bits per heavy atom. The fraction of sp³-hybridized carbons (Fsp3) is 0.647. The van der Waals surface area contributed by atoms with Crippen LogP contribution < -0.4 is 0 Å². The lowest BCUT2D eigenvalue weighted by molar-refractivity contribution is 0.0525. The molecule has 22 heavy (non-hydrogen) atoms. The maximum absolute atomic E-state index is 12.2. The maximum atomic E-state index is 12.2. The first-order valence-corrected chi connectivity index (χ1v) is 9.17. The second-order valence-electron chi connectivity index (χ2n) is 5.92. The molecule has 0 saturated heterocycles. The van der Waals surface area contributed by atoms with Crippen LogP contribution in [0.4, 0.5) is 0 Å². The van der Waals surface area contributed by atoms with Gasteiger partial charge < -0.3 is 9.30 Å². The Labute approximate surface area is 140 Å². The molecule has 122 valence electrons. The van der Waals surface area contributed by atoms with Crippen molar-refractivity contribution in [2.75, 3.05) is 11.9 Å². The summed E-state index contributed by atoms with van der Waals surface area (Å²) in [4.78, 5) is 24.3. The van der Waals surface area contributed by atoms with E-state index >= 15 is 0 Å². The van der Waals surface area contributed by atoms with E-state index < -0.39 is 0 Å². The van der Waals surface area contributed by atoms with Gasteiger partial charge in [0.2, 0.25) is 0 Å². The molecule has 1 heterocycles. The van der Waals surface area contributed by atoms with Crippen molar-refractivity contribution in [3.05, 3.63) is 23.0 Å². The lowest BCUT2D eigenvalue weighted by Gasteiger charge is -2.24. The Morgan fingerprint density at radius 3 is 2.59 bits per heavy atom. The number of rotatable bonds is 6. The highest BCUT2D eigenvalue weighted by Gasteiger charge is 2.24. The van der Waals surface area contributed by atoms with Crippen molar-refractivity contribution in [1.82, 2.24) is 4.57 Å². The summed E-state index contributed by atoms with van der Waals surface area (Å²) in [7, 11) is 0. The smallest absolute Gasteiger partial charge is 0.339 e. The first kappa shape index (κ1) is 17.3. The number of alkyl halides is 1. The molecule has 0 atom stereocenters. The molecule has 0 aliphatic heterocycles. The monoisotopic (exact) mass is 369 g/mol. The molecule has 0 amide bonds. The molecule has 4 nitrogen and oxygen atoms in total. The first-order valence-electron chi connectivity index (χ1n) is 8.04. The van der Waals surface area contributed by atoms with E-state index in [1.54, 1.807) is 13.0 Å².